The Hall–Kier alpha value is -3.92. The van der Waals surface area contributed by atoms with Gasteiger partial charge in [-0.1, -0.05) is 32.6 Å². The number of likely N-dealkylation sites (tertiary alicyclic amines) is 1. The van der Waals surface area contributed by atoms with Crippen molar-refractivity contribution in [3.05, 3.63) is 60.3 Å². The van der Waals surface area contributed by atoms with Crippen molar-refractivity contribution in [2.45, 2.75) is 57.7 Å². The monoisotopic (exact) mass is 517 g/mol. The van der Waals surface area contributed by atoms with E-state index in [1.807, 2.05) is 41.0 Å². The summed E-state index contributed by atoms with van der Waals surface area (Å²) in [6.07, 6.45) is 5.68. The summed E-state index contributed by atoms with van der Waals surface area (Å²) in [5.41, 5.74) is 3.61. The largest absolute Gasteiger partial charge is 0.381 e. The van der Waals surface area contributed by atoms with Gasteiger partial charge in [0.25, 0.3) is 0 Å². The number of aromatic nitrogens is 3. The van der Waals surface area contributed by atoms with E-state index in [1.54, 1.807) is 0 Å². The minimum atomic E-state index is -0.455. The molecule has 2 aliphatic heterocycles. The van der Waals surface area contributed by atoms with Crippen molar-refractivity contribution in [2.75, 3.05) is 35.7 Å². The summed E-state index contributed by atoms with van der Waals surface area (Å²) in [6.45, 7) is 10.4. The van der Waals surface area contributed by atoms with Crippen LogP contribution in [-0.2, 0) is 20.9 Å². The van der Waals surface area contributed by atoms with E-state index in [2.05, 4.69) is 41.5 Å². The van der Waals surface area contributed by atoms with Crippen LogP contribution >= 0.6 is 0 Å². The van der Waals surface area contributed by atoms with E-state index in [9.17, 15) is 9.59 Å². The number of anilines is 3. The summed E-state index contributed by atoms with van der Waals surface area (Å²) in [6, 6.07) is 9.56. The summed E-state index contributed by atoms with van der Waals surface area (Å²) < 4.78 is 7.35. The zero-order valence-electron chi connectivity index (χ0n) is 21.9. The first-order chi connectivity index (χ1) is 18.4. The van der Waals surface area contributed by atoms with E-state index in [4.69, 9.17) is 9.72 Å². The lowest BCUT2D eigenvalue weighted by Crippen LogP contribution is -2.56. The van der Waals surface area contributed by atoms with Crippen LogP contribution in [0.25, 0.3) is 5.65 Å². The number of benzene rings is 1. The number of hydrogen-bond acceptors (Lipinski definition) is 7. The van der Waals surface area contributed by atoms with Crippen LogP contribution < -0.4 is 16.0 Å². The summed E-state index contributed by atoms with van der Waals surface area (Å²) >= 11 is 0. The van der Waals surface area contributed by atoms with Gasteiger partial charge in [-0.2, -0.15) is 9.61 Å². The van der Waals surface area contributed by atoms with Gasteiger partial charge in [-0.15, -0.1) is 0 Å². The Balaban J connectivity index is 1.31. The first-order valence-corrected chi connectivity index (χ1v) is 13.2. The Labute approximate surface area is 222 Å². The molecule has 0 saturated carbocycles. The van der Waals surface area contributed by atoms with Crippen LogP contribution in [0, 0.1) is 0 Å². The van der Waals surface area contributed by atoms with Crippen LogP contribution in [0.2, 0.25) is 0 Å². The lowest BCUT2D eigenvalue weighted by atomic mass is 10.0. The molecule has 4 heterocycles. The molecule has 2 saturated heterocycles. The van der Waals surface area contributed by atoms with Gasteiger partial charge >= 0.3 is 0 Å². The molecule has 2 aliphatic rings. The number of nitrogens with zero attached hydrogens (tertiary/aromatic N) is 4. The predicted octanol–water partition coefficient (Wildman–Crippen LogP) is 3.78. The molecule has 0 bridgehead atoms. The Morgan fingerprint density at radius 1 is 1.21 bits per heavy atom. The van der Waals surface area contributed by atoms with Crippen molar-refractivity contribution >= 4 is 34.8 Å². The Bertz CT molecular complexity index is 1330. The highest BCUT2D eigenvalue weighted by Crippen LogP contribution is 2.26. The van der Waals surface area contributed by atoms with Crippen molar-refractivity contribution in [3.8, 4) is 0 Å². The van der Waals surface area contributed by atoms with Crippen LogP contribution in [0.5, 0.6) is 0 Å². The molecule has 10 heteroatoms. The number of carbonyl (C=O) groups excluding carboxylic acids is 2. The zero-order valence-corrected chi connectivity index (χ0v) is 21.9. The molecule has 200 valence electrons. The highest BCUT2D eigenvalue weighted by molar-refractivity contribution is 6.00. The number of fused-ring (bicyclic) bond motifs is 1. The molecular formula is C28H35N7O3. The van der Waals surface area contributed by atoms with E-state index >= 15 is 0 Å². The maximum Gasteiger partial charge on any atom is 0.247 e. The fourth-order valence-corrected chi connectivity index (χ4v) is 4.86. The van der Waals surface area contributed by atoms with E-state index in [0.717, 1.165) is 54.5 Å². The molecule has 3 N–H and O–H groups in total. The predicted molar refractivity (Wildman–Crippen MR) is 147 cm³/mol. The van der Waals surface area contributed by atoms with Crippen molar-refractivity contribution < 1.29 is 14.3 Å². The Kier molecular flexibility index (Phi) is 7.59. The number of hydrogen-bond donors (Lipinski definition) is 3. The molecule has 1 aromatic carbocycles. The van der Waals surface area contributed by atoms with Gasteiger partial charge in [-0.25, -0.2) is 4.98 Å². The molecule has 2 aromatic heterocycles. The van der Waals surface area contributed by atoms with Crippen molar-refractivity contribution in [3.63, 3.8) is 0 Å². The number of rotatable bonds is 9. The number of carbonyl (C=O) groups is 2. The van der Waals surface area contributed by atoms with Crippen LogP contribution in [0.3, 0.4) is 0 Å². The second-order valence-electron chi connectivity index (χ2n) is 10.1. The van der Waals surface area contributed by atoms with Crippen molar-refractivity contribution in [1.82, 2.24) is 19.5 Å². The molecular weight excluding hydrogens is 482 g/mol. The molecule has 0 spiro atoms. The van der Waals surface area contributed by atoms with E-state index < -0.39 is 6.04 Å². The number of ether oxygens (including phenoxy) is 1. The second kappa shape index (κ2) is 11.2. The fraction of sp³-hybridized carbons (Fsp3) is 0.429. The van der Waals surface area contributed by atoms with Crippen molar-refractivity contribution in [2.24, 2.45) is 0 Å². The first kappa shape index (κ1) is 25.7. The second-order valence-corrected chi connectivity index (χ2v) is 10.1. The molecule has 5 rings (SSSR count). The van der Waals surface area contributed by atoms with Crippen molar-refractivity contribution in [1.29, 1.82) is 0 Å². The topological polar surface area (TPSA) is 113 Å². The Morgan fingerprint density at radius 2 is 2.03 bits per heavy atom. The van der Waals surface area contributed by atoms with Crippen LogP contribution in [0.15, 0.2) is 49.2 Å². The lowest BCUT2D eigenvalue weighted by molar-refractivity contribution is -0.141. The maximum atomic E-state index is 12.7. The summed E-state index contributed by atoms with van der Waals surface area (Å²) in [4.78, 5) is 31.1. The average molecular weight is 518 g/mol. The van der Waals surface area contributed by atoms with Gasteiger partial charge in [0.15, 0.2) is 5.65 Å². The highest BCUT2D eigenvalue weighted by Gasteiger charge is 2.36. The lowest BCUT2D eigenvalue weighted by Gasteiger charge is -2.39. The SMILES string of the molecule is C=CC(=O)N1CCC1C(=O)Nc1cccc(CNc2cc(NC3CCOCC3)nc3c(C(C)C)cnn23)c1. The minimum absolute atomic E-state index is 0.186. The van der Waals surface area contributed by atoms with Gasteiger partial charge in [0.2, 0.25) is 11.8 Å². The zero-order chi connectivity index (χ0) is 26.6. The fourth-order valence-electron chi connectivity index (χ4n) is 4.86. The summed E-state index contributed by atoms with van der Waals surface area (Å²) in [5, 5.41) is 14.6. The molecule has 1 atom stereocenters. The van der Waals surface area contributed by atoms with Gasteiger partial charge in [0.1, 0.15) is 17.7 Å². The van der Waals surface area contributed by atoms with Crippen LogP contribution in [0.1, 0.15) is 50.2 Å². The standard InChI is InChI=1S/C28H35N7O3/c1-4-26(36)34-11-8-23(34)28(37)32-21-7-5-6-19(14-21)16-29-25-15-24(31-20-9-12-38-13-10-20)33-27-22(18(2)3)17-30-35(25)27/h4-7,14-15,17-18,20,23,29H,1,8-13,16H2,2-3H3,(H,31,33)(H,32,37). The van der Waals surface area contributed by atoms with Gasteiger partial charge < -0.3 is 25.6 Å². The normalized spacial score (nSPS) is 17.8. The average Bonchev–Trinajstić information content (AvgIpc) is 3.32. The van der Waals surface area contributed by atoms with Gasteiger partial charge in [0, 0.05) is 49.7 Å². The van der Waals surface area contributed by atoms with E-state index in [-0.39, 0.29) is 11.8 Å². The molecule has 0 radical (unpaired) electrons. The minimum Gasteiger partial charge on any atom is -0.381 e. The third kappa shape index (κ3) is 5.50. The third-order valence-corrected chi connectivity index (χ3v) is 7.14. The van der Waals surface area contributed by atoms with Gasteiger partial charge in [-0.3, -0.25) is 9.59 Å². The molecule has 2 amide bonds. The van der Waals surface area contributed by atoms with Crippen LogP contribution in [-0.4, -0.2) is 63.2 Å². The number of nitrogens with one attached hydrogen (secondary N) is 3. The maximum absolute atomic E-state index is 12.7. The molecule has 3 aromatic rings. The Morgan fingerprint density at radius 3 is 2.74 bits per heavy atom. The highest BCUT2D eigenvalue weighted by atomic mass is 16.5. The summed E-state index contributed by atoms with van der Waals surface area (Å²) in [7, 11) is 0. The molecule has 10 nitrogen and oxygen atoms in total. The molecule has 38 heavy (non-hydrogen) atoms. The molecule has 1 unspecified atom stereocenters. The smallest absolute Gasteiger partial charge is 0.247 e. The molecule has 2 fully saturated rings. The first-order valence-electron chi connectivity index (χ1n) is 13.2. The third-order valence-electron chi connectivity index (χ3n) is 7.14. The summed E-state index contributed by atoms with van der Waals surface area (Å²) in [5.74, 6) is 1.53. The number of amides is 2. The van der Waals surface area contributed by atoms with E-state index in [0.29, 0.717) is 37.2 Å². The van der Waals surface area contributed by atoms with Gasteiger partial charge in [-0.05, 0) is 49.0 Å². The molecule has 0 aliphatic carbocycles. The quantitative estimate of drug-likeness (QED) is 0.370. The van der Waals surface area contributed by atoms with Crippen LogP contribution in [0.4, 0.5) is 17.3 Å². The van der Waals surface area contributed by atoms with E-state index in [1.165, 1.54) is 11.0 Å². The van der Waals surface area contributed by atoms with Gasteiger partial charge in [0.05, 0.1) is 6.20 Å².